The maximum atomic E-state index is 8.50. The van der Waals surface area contributed by atoms with Gasteiger partial charge in [0.15, 0.2) is 0 Å². The fourth-order valence-corrected chi connectivity index (χ4v) is 0.269. The van der Waals surface area contributed by atoms with Gasteiger partial charge in [-0.2, -0.15) is 5.26 Å². The van der Waals surface area contributed by atoms with E-state index in [2.05, 4.69) is 0 Å². The second-order valence-electron chi connectivity index (χ2n) is 1.17. The van der Waals surface area contributed by atoms with E-state index in [1.54, 1.807) is 6.07 Å². The van der Waals surface area contributed by atoms with Crippen molar-refractivity contribution in [1.29, 1.82) is 5.26 Å². The molecule has 1 atom stereocenters. The first-order chi connectivity index (χ1) is 3.31. The summed E-state index contributed by atoms with van der Waals surface area (Å²) >= 11 is 5.13. The molecule has 0 bridgehead atoms. The van der Waals surface area contributed by atoms with Crippen molar-refractivity contribution in [3.05, 3.63) is 0 Å². The highest BCUT2D eigenvalue weighted by Crippen LogP contribution is 1.90. The normalized spacial score (nSPS) is 12.7. The number of aliphatic hydroxyl groups is 1. The molecular weight excluding hydrogens is 114 g/mol. The van der Waals surface area contributed by atoms with Crippen molar-refractivity contribution in [3.63, 3.8) is 0 Å². The predicted octanol–water partition coefficient (Wildman–Crippen LogP) is 0.500. The van der Waals surface area contributed by atoms with Gasteiger partial charge in [-0.25, -0.2) is 0 Å². The minimum atomic E-state index is -0.647. The molecule has 0 aliphatic carbocycles. The van der Waals surface area contributed by atoms with Gasteiger partial charge in [-0.05, 0) is 0 Å². The van der Waals surface area contributed by atoms with Gasteiger partial charge >= 0.3 is 0 Å². The zero-order chi connectivity index (χ0) is 5.70. The fraction of sp³-hybridized carbons (Fsp3) is 0.750. The summed E-state index contributed by atoms with van der Waals surface area (Å²) < 4.78 is 0. The molecule has 40 valence electrons. The molecule has 0 rings (SSSR count). The molecule has 0 aliphatic heterocycles. The number of nitriles is 1. The van der Waals surface area contributed by atoms with Crippen LogP contribution in [0.15, 0.2) is 0 Å². The highest BCUT2D eigenvalue weighted by atomic mass is 35.5. The van der Waals surface area contributed by atoms with Crippen LogP contribution in [0.4, 0.5) is 0 Å². The molecular formula is C4H6ClNO. The van der Waals surface area contributed by atoms with E-state index >= 15 is 0 Å². The van der Waals surface area contributed by atoms with Gasteiger partial charge in [0.1, 0.15) is 0 Å². The summed E-state index contributed by atoms with van der Waals surface area (Å²) in [5, 5.41) is 16.4. The standard InChI is InChI=1S/C4H6ClNO/c5-3-4(7)1-2-6/h4,7H,1,3H2/t4-/m0/s1. The molecule has 3 heteroatoms. The van der Waals surface area contributed by atoms with E-state index < -0.39 is 6.10 Å². The van der Waals surface area contributed by atoms with Gasteiger partial charge in [-0.3, -0.25) is 0 Å². The predicted molar refractivity (Wildman–Crippen MR) is 27.0 cm³/mol. The quantitative estimate of drug-likeness (QED) is 0.538. The van der Waals surface area contributed by atoms with Crippen LogP contribution < -0.4 is 0 Å². The van der Waals surface area contributed by atoms with Gasteiger partial charge in [-0.1, -0.05) is 0 Å². The van der Waals surface area contributed by atoms with Gasteiger partial charge in [0, 0.05) is 5.88 Å². The summed E-state index contributed by atoms with van der Waals surface area (Å²) in [7, 11) is 0. The van der Waals surface area contributed by atoms with E-state index in [1.165, 1.54) is 0 Å². The minimum absolute atomic E-state index is 0.128. The van der Waals surface area contributed by atoms with Crippen LogP contribution in [-0.4, -0.2) is 17.1 Å². The Hall–Kier alpha value is -0.260. The molecule has 2 nitrogen and oxygen atoms in total. The lowest BCUT2D eigenvalue weighted by Gasteiger charge is -1.94. The molecule has 0 aromatic carbocycles. The Morgan fingerprint density at radius 1 is 1.86 bits per heavy atom. The van der Waals surface area contributed by atoms with Gasteiger partial charge < -0.3 is 5.11 Å². The lowest BCUT2D eigenvalue weighted by atomic mass is 10.3. The van der Waals surface area contributed by atoms with Crippen molar-refractivity contribution in [2.75, 3.05) is 5.88 Å². The van der Waals surface area contributed by atoms with E-state index in [0.717, 1.165) is 0 Å². The summed E-state index contributed by atoms with van der Waals surface area (Å²) in [5.41, 5.74) is 0. The highest BCUT2D eigenvalue weighted by molar-refractivity contribution is 6.18. The van der Waals surface area contributed by atoms with Gasteiger partial charge in [0.05, 0.1) is 18.6 Å². The van der Waals surface area contributed by atoms with Crippen molar-refractivity contribution in [3.8, 4) is 6.07 Å². The van der Waals surface area contributed by atoms with Crippen LogP contribution in [0.5, 0.6) is 0 Å². The Labute approximate surface area is 47.3 Å². The van der Waals surface area contributed by atoms with Crippen LogP contribution in [0.25, 0.3) is 0 Å². The first-order valence-electron chi connectivity index (χ1n) is 1.92. The average molecular weight is 120 g/mol. The Morgan fingerprint density at radius 2 is 2.43 bits per heavy atom. The molecule has 0 fully saturated rings. The largest absolute Gasteiger partial charge is 0.391 e. The molecule has 0 saturated heterocycles. The number of halogens is 1. The van der Waals surface area contributed by atoms with Crippen LogP contribution in [0.1, 0.15) is 6.42 Å². The topological polar surface area (TPSA) is 44.0 Å². The molecule has 1 N–H and O–H groups in total. The first kappa shape index (κ1) is 6.74. The van der Waals surface area contributed by atoms with Crippen LogP contribution in [0.3, 0.4) is 0 Å². The van der Waals surface area contributed by atoms with Crippen LogP contribution >= 0.6 is 11.6 Å². The second kappa shape index (κ2) is 3.91. The Kier molecular flexibility index (Phi) is 3.77. The van der Waals surface area contributed by atoms with Gasteiger partial charge in [-0.15, -0.1) is 11.6 Å². The number of hydrogen-bond donors (Lipinski definition) is 1. The summed E-state index contributed by atoms with van der Waals surface area (Å²) in [6.45, 7) is 0. The van der Waals surface area contributed by atoms with Crippen LogP contribution in [-0.2, 0) is 0 Å². The van der Waals surface area contributed by atoms with Crippen molar-refractivity contribution >= 4 is 11.6 Å². The number of aliphatic hydroxyl groups excluding tert-OH is 1. The Morgan fingerprint density at radius 3 is 2.57 bits per heavy atom. The minimum Gasteiger partial charge on any atom is -0.391 e. The maximum Gasteiger partial charge on any atom is 0.0805 e. The third-order valence-electron chi connectivity index (χ3n) is 0.505. The molecule has 0 aromatic heterocycles. The lowest BCUT2D eigenvalue weighted by molar-refractivity contribution is 0.203. The monoisotopic (exact) mass is 119 g/mol. The van der Waals surface area contributed by atoms with E-state index in [0.29, 0.717) is 0 Å². The molecule has 7 heavy (non-hydrogen) atoms. The van der Waals surface area contributed by atoms with Crippen LogP contribution in [0, 0.1) is 11.3 Å². The molecule has 0 unspecified atom stereocenters. The summed E-state index contributed by atoms with van der Waals surface area (Å²) in [6, 6.07) is 1.78. The summed E-state index contributed by atoms with van der Waals surface area (Å²) in [5.74, 6) is 0.146. The van der Waals surface area contributed by atoms with Gasteiger partial charge in [0.2, 0.25) is 0 Å². The Bertz CT molecular complexity index is 78.2. The first-order valence-corrected chi connectivity index (χ1v) is 2.45. The number of hydrogen-bond acceptors (Lipinski definition) is 2. The average Bonchev–Trinajstić information content (AvgIpc) is 1.68. The third kappa shape index (κ3) is 3.57. The number of alkyl halides is 1. The van der Waals surface area contributed by atoms with Gasteiger partial charge in [0.25, 0.3) is 0 Å². The van der Waals surface area contributed by atoms with Crippen LogP contribution in [0.2, 0.25) is 0 Å². The smallest absolute Gasteiger partial charge is 0.0805 e. The molecule has 0 spiro atoms. The fourth-order valence-electron chi connectivity index (χ4n) is 0.160. The van der Waals surface area contributed by atoms with Crippen molar-refractivity contribution in [2.45, 2.75) is 12.5 Å². The summed E-state index contributed by atoms with van der Waals surface area (Å²) in [6.07, 6.45) is -0.518. The zero-order valence-electron chi connectivity index (χ0n) is 3.76. The Balaban J connectivity index is 3.03. The van der Waals surface area contributed by atoms with Crippen molar-refractivity contribution in [2.24, 2.45) is 0 Å². The number of nitrogens with zero attached hydrogens (tertiary/aromatic N) is 1. The highest BCUT2D eigenvalue weighted by Gasteiger charge is 1.96. The molecule has 0 radical (unpaired) electrons. The summed E-state index contributed by atoms with van der Waals surface area (Å²) in [4.78, 5) is 0. The SMILES string of the molecule is N#CC[C@H](O)CCl. The molecule has 0 aromatic rings. The van der Waals surface area contributed by atoms with E-state index in [4.69, 9.17) is 22.0 Å². The van der Waals surface area contributed by atoms with Crippen molar-refractivity contribution < 1.29 is 5.11 Å². The lowest BCUT2D eigenvalue weighted by Crippen LogP contribution is -2.05. The molecule has 0 amide bonds. The zero-order valence-corrected chi connectivity index (χ0v) is 4.52. The molecule has 0 saturated carbocycles. The third-order valence-corrected chi connectivity index (χ3v) is 0.861. The van der Waals surface area contributed by atoms with E-state index in [1.807, 2.05) is 0 Å². The molecule has 0 aliphatic rings. The van der Waals surface area contributed by atoms with Crippen molar-refractivity contribution in [1.82, 2.24) is 0 Å². The maximum absolute atomic E-state index is 8.50. The van der Waals surface area contributed by atoms with E-state index in [9.17, 15) is 0 Å². The number of rotatable bonds is 2. The molecule has 0 heterocycles. The second-order valence-corrected chi connectivity index (χ2v) is 1.48. The van der Waals surface area contributed by atoms with E-state index in [-0.39, 0.29) is 12.3 Å².